The monoisotopic (exact) mass is 383 g/mol. The molecular formula is C20H21N3O5. The topological polar surface area (TPSA) is 118 Å². The van der Waals surface area contributed by atoms with Gasteiger partial charge in [-0.2, -0.15) is 0 Å². The van der Waals surface area contributed by atoms with E-state index in [1.807, 2.05) is 30.3 Å². The minimum atomic E-state index is -0.906. The maximum atomic E-state index is 12.4. The lowest BCUT2D eigenvalue weighted by Gasteiger charge is -2.18. The number of rotatable bonds is 8. The molecule has 3 N–H and O–H groups in total. The van der Waals surface area contributed by atoms with E-state index in [1.54, 1.807) is 25.3 Å². The Morgan fingerprint density at radius 3 is 2.68 bits per heavy atom. The van der Waals surface area contributed by atoms with E-state index >= 15 is 0 Å². The zero-order valence-electron chi connectivity index (χ0n) is 15.3. The van der Waals surface area contributed by atoms with Crippen LogP contribution in [0.2, 0.25) is 0 Å². The zero-order valence-corrected chi connectivity index (χ0v) is 15.3. The highest BCUT2D eigenvalue weighted by molar-refractivity contribution is 5.89. The van der Waals surface area contributed by atoms with Gasteiger partial charge >= 0.3 is 12.0 Å². The molecule has 1 atom stereocenters. The van der Waals surface area contributed by atoms with Crippen molar-refractivity contribution in [2.24, 2.45) is 0 Å². The van der Waals surface area contributed by atoms with Crippen LogP contribution in [0.5, 0.6) is 0 Å². The number of nitrogens with one attached hydrogen (secondary N) is 2. The second kappa shape index (κ2) is 8.90. The molecule has 0 aliphatic heterocycles. The molecule has 2 heterocycles. The van der Waals surface area contributed by atoms with E-state index in [2.05, 4.69) is 15.8 Å². The Morgan fingerprint density at radius 1 is 1.21 bits per heavy atom. The van der Waals surface area contributed by atoms with Crippen molar-refractivity contribution >= 4 is 17.8 Å². The number of anilines is 1. The van der Waals surface area contributed by atoms with Crippen molar-refractivity contribution in [2.45, 2.75) is 32.2 Å². The van der Waals surface area contributed by atoms with Gasteiger partial charge in [0.25, 0.3) is 0 Å². The Bertz CT molecular complexity index is 932. The summed E-state index contributed by atoms with van der Waals surface area (Å²) >= 11 is 0. The summed E-state index contributed by atoms with van der Waals surface area (Å²) < 4.78 is 10.5. The minimum absolute atomic E-state index is 0.0361. The predicted molar refractivity (Wildman–Crippen MR) is 102 cm³/mol. The summed E-state index contributed by atoms with van der Waals surface area (Å²) in [5.74, 6) is 0.513. The first-order valence-electron chi connectivity index (χ1n) is 8.85. The highest BCUT2D eigenvalue weighted by Gasteiger charge is 2.17. The fourth-order valence-electron chi connectivity index (χ4n) is 2.86. The van der Waals surface area contributed by atoms with Gasteiger partial charge in [-0.1, -0.05) is 35.5 Å². The summed E-state index contributed by atoms with van der Waals surface area (Å²) in [6.45, 7) is 1.80. The zero-order chi connectivity index (χ0) is 19.9. The van der Waals surface area contributed by atoms with Gasteiger partial charge in [-0.3, -0.25) is 10.1 Å². The summed E-state index contributed by atoms with van der Waals surface area (Å²) in [7, 11) is 0. The molecule has 2 amide bonds. The number of aryl methyl sites for hydroxylation is 1. The number of urea groups is 1. The van der Waals surface area contributed by atoms with Crippen LogP contribution in [0.25, 0.3) is 11.3 Å². The van der Waals surface area contributed by atoms with E-state index < -0.39 is 12.0 Å². The van der Waals surface area contributed by atoms with Crippen molar-refractivity contribution < 1.29 is 23.6 Å². The number of benzene rings is 1. The second-order valence-corrected chi connectivity index (χ2v) is 6.38. The quantitative estimate of drug-likeness (QED) is 0.544. The van der Waals surface area contributed by atoms with Gasteiger partial charge in [0, 0.05) is 18.5 Å². The van der Waals surface area contributed by atoms with Crippen molar-refractivity contribution in [2.75, 3.05) is 5.32 Å². The summed E-state index contributed by atoms with van der Waals surface area (Å²) in [6.07, 6.45) is 2.35. The van der Waals surface area contributed by atoms with Crippen LogP contribution in [0, 0.1) is 6.92 Å². The number of carboxylic acid groups (broad SMARTS) is 1. The van der Waals surface area contributed by atoms with Crippen LogP contribution in [0.4, 0.5) is 10.6 Å². The average Bonchev–Trinajstić information content (AvgIpc) is 3.29. The fraction of sp³-hybridized carbons (Fsp3) is 0.250. The third-order valence-corrected chi connectivity index (χ3v) is 4.24. The van der Waals surface area contributed by atoms with Crippen molar-refractivity contribution in [3.63, 3.8) is 0 Å². The molecule has 0 aliphatic carbocycles. The Kier molecular flexibility index (Phi) is 6.11. The smallest absolute Gasteiger partial charge is 0.320 e. The lowest BCUT2D eigenvalue weighted by molar-refractivity contribution is -0.137. The number of carbonyl (C=O) groups excluding carboxylic acids is 1. The molecule has 0 spiro atoms. The Morgan fingerprint density at radius 2 is 2.00 bits per heavy atom. The average molecular weight is 383 g/mol. The van der Waals surface area contributed by atoms with Crippen molar-refractivity contribution in [3.05, 3.63) is 60.1 Å². The lowest BCUT2D eigenvalue weighted by atomic mass is 10.0. The summed E-state index contributed by atoms with van der Waals surface area (Å²) in [6, 6.07) is 12.1. The second-order valence-electron chi connectivity index (χ2n) is 6.38. The third kappa shape index (κ3) is 5.23. The Hall–Kier alpha value is -3.55. The van der Waals surface area contributed by atoms with E-state index in [0.29, 0.717) is 24.4 Å². The van der Waals surface area contributed by atoms with E-state index in [0.717, 1.165) is 11.1 Å². The maximum Gasteiger partial charge on any atom is 0.320 e. The van der Waals surface area contributed by atoms with Crippen LogP contribution in [0.1, 0.15) is 24.2 Å². The first kappa shape index (κ1) is 19.2. The molecule has 28 heavy (non-hydrogen) atoms. The molecule has 8 heteroatoms. The van der Waals surface area contributed by atoms with E-state index in [1.165, 1.54) is 0 Å². The largest absolute Gasteiger partial charge is 0.481 e. The van der Waals surface area contributed by atoms with Crippen LogP contribution in [0.3, 0.4) is 0 Å². The molecule has 2 aromatic heterocycles. The third-order valence-electron chi connectivity index (χ3n) is 4.24. The van der Waals surface area contributed by atoms with Crippen molar-refractivity contribution in [3.8, 4) is 11.3 Å². The first-order valence-corrected chi connectivity index (χ1v) is 8.85. The SMILES string of the molecule is Cc1occc1-c1cc(NC(=O)NC(CCC(=O)O)Cc2ccccc2)no1. The molecule has 0 saturated carbocycles. The number of carbonyl (C=O) groups is 2. The summed E-state index contributed by atoms with van der Waals surface area (Å²) in [5.41, 5.74) is 1.77. The maximum absolute atomic E-state index is 12.4. The Balaban J connectivity index is 1.62. The molecule has 0 fully saturated rings. The predicted octanol–water partition coefficient (Wildman–Crippen LogP) is 3.84. The van der Waals surface area contributed by atoms with Crippen LogP contribution in [-0.4, -0.2) is 28.3 Å². The molecule has 8 nitrogen and oxygen atoms in total. The van der Waals surface area contributed by atoms with Crippen molar-refractivity contribution in [1.29, 1.82) is 0 Å². The standard InChI is InChI=1S/C20H21N3O5/c1-13-16(9-10-27-13)17-12-18(23-28-17)22-20(26)21-15(7-8-19(24)25)11-14-5-3-2-4-6-14/h2-6,9-10,12,15H,7-8,11H2,1H3,(H,24,25)(H2,21,22,23,26). The molecule has 1 aromatic carbocycles. The van der Waals surface area contributed by atoms with E-state index in [9.17, 15) is 9.59 Å². The van der Waals surface area contributed by atoms with Crippen molar-refractivity contribution in [1.82, 2.24) is 10.5 Å². The van der Waals surface area contributed by atoms with Gasteiger partial charge in [0.1, 0.15) is 5.76 Å². The highest BCUT2D eigenvalue weighted by Crippen LogP contribution is 2.26. The van der Waals surface area contributed by atoms with Gasteiger partial charge < -0.3 is 19.4 Å². The minimum Gasteiger partial charge on any atom is -0.481 e. The Labute approximate surface area is 161 Å². The van der Waals surface area contributed by atoms with E-state index in [4.69, 9.17) is 14.0 Å². The van der Waals surface area contributed by atoms with Gasteiger partial charge in [0.2, 0.25) is 0 Å². The fourth-order valence-corrected chi connectivity index (χ4v) is 2.86. The van der Waals surface area contributed by atoms with Gasteiger partial charge in [-0.05, 0) is 31.4 Å². The molecule has 3 aromatic rings. The summed E-state index contributed by atoms with van der Waals surface area (Å²) in [5, 5.41) is 18.2. The molecule has 3 rings (SSSR count). The van der Waals surface area contributed by atoms with Gasteiger partial charge in [0.05, 0.1) is 11.8 Å². The van der Waals surface area contributed by atoms with Crippen LogP contribution in [-0.2, 0) is 11.2 Å². The number of carboxylic acids is 1. The molecule has 1 unspecified atom stereocenters. The van der Waals surface area contributed by atoms with Gasteiger partial charge in [-0.15, -0.1) is 0 Å². The molecule has 0 aliphatic rings. The lowest BCUT2D eigenvalue weighted by Crippen LogP contribution is -2.39. The summed E-state index contributed by atoms with van der Waals surface area (Å²) in [4.78, 5) is 23.3. The number of amides is 2. The number of furan rings is 1. The van der Waals surface area contributed by atoms with E-state index in [-0.39, 0.29) is 18.3 Å². The number of hydrogen-bond acceptors (Lipinski definition) is 5. The van der Waals surface area contributed by atoms with Gasteiger partial charge in [0.15, 0.2) is 11.6 Å². The number of aliphatic carboxylic acids is 1. The highest BCUT2D eigenvalue weighted by atomic mass is 16.5. The van der Waals surface area contributed by atoms with Gasteiger partial charge in [-0.25, -0.2) is 4.79 Å². The molecule has 0 saturated heterocycles. The number of nitrogens with zero attached hydrogens (tertiary/aromatic N) is 1. The molecule has 0 radical (unpaired) electrons. The van der Waals surface area contributed by atoms with Crippen LogP contribution in [0.15, 0.2) is 57.7 Å². The number of aromatic nitrogens is 1. The molecule has 0 bridgehead atoms. The first-order chi connectivity index (χ1) is 13.5. The number of hydrogen-bond donors (Lipinski definition) is 3. The van der Waals surface area contributed by atoms with Crippen LogP contribution < -0.4 is 10.6 Å². The molecule has 146 valence electrons. The molecular weight excluding hydrogens is 362 g/mol. The van der Waals surface area contributed by atoms with Crippen LogP contribution >= 0.6 is 0 Å². The normalized spacial score (nSPS) is 11.8.